The average Bonchev–Trinajstić information content (AvgIpc) is 2.27. The van der Waals surface area contributed by atoms with Crippen molar-refractivity contribution in [2.24, 2.45) is 5.92 Å². The molecule has 0 atom stereocenters. The van der Waals surface area contributed by atoms with Crippen LogP contribution in [0.15, 0.2) is 18.2 Å². The Kier molecular flexibility index (Phi) is 5.66. The van der Waals surface area contributed by atoms with E-state index in [4.69, 9.17) is 4.74 Å². The first-order valence-electron chi connectivity index (χ1n) is 6.15. The van der Waals surface area contributed by atoms with Gasteiger partial charge >= 0.3 is 7.12 Å². The predicted molar refractivity (Wildman–Crippen MR) is 74.0 cm³/mol. The minimum Gasteiger partial charge on any atom is -0.496 e. The lowest BCUT2D eigenvalue weighted by molar-refractivity contribution is 0.283. The van der Waals surface area contributed by atoms with Crippen molar-refractivity contribution in [2.75, 3.05) is 20.7 Å². The molecule has 0 bridgehead atoms. The predicted octanol–water partition coefficient (Wildman–Crippen LogP) is 0.463. The number of hydrogen-bond donors (Lipinski definition) is 2. The minimum absolute atomic E-state index is 0.490. The lowest BCUT2D eigenvalue weighted by Gasteiger charge is -2.20. The Bertz CT molecular complexity index is 382. The van der Waals surface area contributed by atoms with Gasteiger partial charge in [0.05, 0.1) is 7.11 Å². The maximum atomic E-state index is 9.19. The van der Waals surface area contributed by atoms with Gasteiger partial charge in [0.25, 0.3) is 0 Å². The lowest BCUT2D eigenvalue weighted by Crippen LogP contribution is -2.31. The summed E-state index contributed by atoms with van der Waals surface area (Å²) in [5.41, 5.74) is 1.45. The van der Waals surface area contributed by atoms with Crippen molar-refractivity contribution >= 4 is 12.6 Å². The van der Waals surface area contributed by atoms with Crippen LogP contribution in [0.25, 0.3) is 0 Å². The second-order valence-electron chi connectivity index (χ2n) is 5.04. The maximum Gasteiger partial charge on any atom is 0.488 e. The molecule has 1 rings (SSSR count). The molecule has 0 unspecified atom stereocenters. The third kappa shape index (κ3) is 4.33. The van der Waals surface area contributed by atoms with Gasteiger partial charge < -0.3 is 19.7 Å². The quantitative estimate of drug-likeness (QED) is 0.721. The number of methoxy groups -OCH3 is 1. The van der Waals surface area contributed by atoms with E-state index in [2.05, 4.69) is 18.7 Å². The van der Waals surface area contributed by atoms with Crippen LogP contribution >= 0.6 is 0 Å². The molecular formula is C13H22BNO3. The molecule has 18 heavy (non-hydrogen) atoms. The molecule has 0 aliphatic heterocycles. The van der Waals surface area contributed by atoms with Crippen LogP contribution in [0.1, 0.15) is 19.4 Å². The van der Waals surface area contributed by atoms with Crippen LogP contribution in [0, 0.1) is 5.92 Å². The SMILES string of the molecule is COc1ccc(B(O)O)cc1CN(C)CC(C)C. The molecule has 0 saturated heterocycles. The van der Waals surface area contributed by atoms with Gasteiger partial charge in [0.15, 0.2) is 0 Å². The third-order valence-electron chi connectivity index (χ3n) is 2.72. The maximum absolute atomic E-state index is 9.19. The standard InChI is InChI=1S/C13H22BNO3/c1-10(2)8-15(3)9-11-7-12(14(16)17)5-6-13(11)18-4/h5-7,10,16-17H,8-9H2,1-4H3. The fourth-order valence-corrected chi connectivity index (χ4v) is 2.06. The van der Waals surface area contributed by atoms with Crippen molar-refractivity contribution in [1.82, 2.24) is 4.90 Å². The Balaban J connectivity index is 2.87. The van der Waals surface area contributed by atoms with Crippen LogP contribution in [-0.2, 0) is 6.54 Å². The highest BCUT2D eigenvalue weighted by Crippen LogP contribution is 2.18. The largest absolute Gasteiger partial charge is 0.496 e. The fourth-order valence-electron chi connectivity index (χ4n) is 2.06. The molecule has 0 fully saturated rings. The van der Waals surface area contributed by atoms with Crippen molar-refractivity contribution in [3.8, 4) is 5.75 Å². The van der Waals surface area contributed by atoms with E-state index in [1.54, 1.807) is 25.3 Å². The van der Waals surface area contributed by atoms with Crippen LogP contribution in [0.4, 0.5) is 0 Å². The van der Waals surface area contributed by atoms with Gasteiger partial charge in [-0.2, -0.15) is 0 Å². The van der Waals surface area contributed by atoms with E-state index < -0.39 is 7.12 Å². The van der Waals surface area contributed by atoms with Crippen molar-refractivity contribution in [3.05, 3.63) is 23.8 Å². The van der Waals surface area contributed by atoms with Crippen molar-refractivity contribution in [2.45, 2.75) is 20.4 Å². The Morgan fingerprint density at radius 1 is 1.33 bits per heavy atom. The zero-order chi connectivity index (χ0) is 13.7. The molecule has 4 nitrogen and oxygen atoms in total. The summed E-state index contributed by atoms with van der Waals surface area (Å²) >= 11 is 0. The number of hydrogen-bond acceptors (Lipinski definition) is 4. The summed E-state index contributed by atoms with van der Waals surface area (Å²) in [7, 11) is 2.22. The number of benzene rings is 1. The number of rotatable bonds is 6. The molecule has 0 amide bonds. The molecule has 0 aliphatic carbocycles. The van der Waals surface area contributed by atoms with E-state index in [0.717, 1.165) is 24.4 Å². The molecule has 0 heterocycles. The minimum atomic E-state index is -1.44. The zero-order valence-corrected chi connectivity index (χ0v) is 11.6. The second-order valence-corrected chi connectivity index (χ2v) is 5.04. The summed E-state index contributed by atoms with van der Waals surface area (Å²) in [5.74, 6) is 1.36. The lowest BCUT2D eigenvalue weighted by atomic mass is 9.79. The highest BCUT2D eigenvalue weighted by Gasteiger charge is 2.15. The van der Waals surface area contributed by atoms with Crippen molar-refractivity contribution in [3.63, 3.8) is 0 Å². The van der Waals surface area contributed by atoms with Gasteiger partial charge in [-0.05, 0) is 24.5 Å². The number of ether oxygens (including phenoxy) is 1. The summed E-state index contributed by atoms with van der Waals surface area (Å²) in [4.78, 5) is 2.19. The van der Waals surface area contributed by atoms with E-state index in [1.165, 1.54) is 0 Å². The summed E-state index contributed by atoms with van der Waals surface area (Å²) < 4.78 is 5.30. The highest BCUT2D eigenvalue weighted by atomic mass is 16.5. The molecule has 5 heteroatoms. The van der Waals surface area contributed by atoms with Gasteiger partial charge in [-0.25, -0.2) is 0 Å². The monoisotopic (exact) mass is 251 g/mol. The average molecular weight is 251 g/mol. The summed E-state index contributed by atoms with van der Waals surface area (Å²) in [6.45, 7) is 6.04. The van der Waals surface area contributed by atoms with Crippen LogP contribution < -0.4 is 10.2 Å². The summed E-state index contributed by atoms with van der Waals surface area (Å²) in [6.07, 6.45) is 0. The fraction of sp³-hybridized carbons (Fsp3) is 0.538. The molecule has 1 aromatic rings. The first-order chi connectivity index (χ1) is 8.43. The van der Waals surface area contributed by atoms with Gasteiger partial charge in [0, 0.05) is 18.7 Å². The number of nitrogens with zero attached hydrogens (tertiary/aromatic N) is 1. The van der Waals surface area contributed by atoms with E-state index in [-0.39, 0.29) is 0 Å². The van der Waals surface area contributed by atoms with Gasteiger partial charge in [0.1, 0.15) is 5.75 Å². The molecular weight excluding hydrogens is 229 g/mol. The Hall–Kier alpha value is -1.04. The Morgan fingerprint density at radius 3 is 2.50 bits per heavy atom. The van der Waals surface area contributed by atoms with Crippen LogP contribution in [-0.4, -0.2) is 42.8 Å². The molecule has 100 valence electrons. The molecule has 0 saturated carbocycles. The first-order valence-corrected chi connectivity index (χ1v) is 6.15. The van der Waals surface area contributed by atoms with E-state index in [1.807, 2.05) is 7.05 Å². The van der Waals surface area contributed by atoms with Crippen LogP contribution in [0.2, 0.25) is 0 Å². The molecule has 1 aromatic carbocycles. The van der Waals surface area contributed by atoms with Gasteiger partial charge in [0.2, 0.25) is 0 Å². The summed E-state index contributed by atoms with van der Waals surface area (Å²) in [5, 5.41) is 18.4. The molecule has 0 spiro atoms. The van der Waals surface area contributed by atoms with Crippen molar-refractivity contribution in [1.29, 1.82) is 0 Å². The molecule has 0 radical (unpaired) electrons. The topological polar surface area (TPSA) is 52.9 Å². The molecule has 0 aliphatic rings. The van der Waals surface area contributed by atoms with E-state index >= 15 is 0 Å². The third-order valence-corrected chi connectivity index (χ3v) is 2.72. The van der Waals surface area contributed by atoms with Crippen molar-refractivity contribution < 1.29 is 14.8 Å². The van der Waals surface area contributed by atoms with Crippen LogP contribution in [0.5, 0.6) is 5.75 Å². The second kappa shape index (κ2) is 6.78. The van der Waals surface area contributed by atoms with E-state index in [9.17, 15) is 10.0 Å². The Morgan fingerprint density at radius 2 is 2.00 bits per heavy atom. The normalized spacial score (nSPS) is 11.1. The first kappa shape index (κ1) is 15.0. The smallest absolute Gasteiger partial charge is 0.488 e. The van der Waals surface area contributed by atoms with Crippen LogP contribution in [0.3, 0.4) is 0 Å². The zero-order valence-electron chi connectivity index (χ0n) is 11.6. The highest BCUT2D eigenvalue weighted by molar-refractivity contribution is 6.58. The van der Waals surface area contributed by atoms with E-state index in [0.29, 0.717) is 11.4 Å². The van der Waals surface area contributed by atoms with Gasteiger partial charge in [-0.3, -0.25) is 0 Å². The van der Waals surface area contributed by atoms with Gasteiger partial charge in [-0.1, -0.05) is 26.0 Å². The molecule has 0 aromatic heterocycles. The Labute approximate surface area is 109 Å². The van der Waals surface area contributed by atoms with Gasteiger partial charge in [-0.15, -0.1) is 0 Å². The summed E-state index contributed by atoms with van der Waals surface area (Å²) in [6, 6.07) is 5.21. The molecule has 2 N–H and O–H groups in total.